The van der Waals surface area contributed by atoms with Crippen LogP contribution in [0.25, 0.3) is 0 Å². The molecule has 2 aromatic carbocycles. The Morgan fingerprint density at radius 2 is 2.00 bits per heavy atom. The molecule has 0 aromatic heterocycles. The molecule has 2 aliphatic heterocycles. The van der Waals surface area contributed by atoms with Crippen LogP contribution in [0.1, 0.15) is 17.5 Å². The summed E-state index contributed by atoms with van der Waals surface area (Å²) >= 11 is 11.9. The van der Waals surface area contributed by atoms with Gasteiger partial charge >= 0.3 is 0 Å². The van der Waals surface area contributed by atoms with E-state index < -0.39 is 0 Å². The SMILES string of the molecule is [B]c1cc2c(cc1OCCCN1CCOCC1)NC(=S)CN=C2c1ccccc1Cl. The van der Waals surface area contributed by atoms with Crippen LogP contribution in [0.2, 0.25) is 5.02 Å². The molecule has 1 saturated heterocycles. The molecule has 8 heteroatoms. The highest BCUT2D eigenvalue weighted by Gasteiger charge is 2.20. The molecule has 2 aliphatic rings. The van der Waals surface area contributed by atoms with Crippen molar-refractivity contribution in [2.45, 2.75) is 6.42 Å². The molecule has 2 radical (unpaired) electrons. The van der Waals surface area contributed by atoms with Gasteiger partial charge in [-0.2, -0.15) is 0 Å². The van der Waals surface area contributed by atoms with Gasteiger partial charge in [0.1, 0.15) is 18.6 Å². The highest BCUT2D eigenvalue weighted by atomic mass is 35.5. The van der Waals surface area contributed by atoms with Crippen molar-refractivity contribution in [2.75, 3.05) is 51.3 Å². The molecular weight excluding hydrogens is 417 g/mol. The van der Waals surface area contributed by atoms with Crippen LogP contribution in [0.15, 0.2) is 41.4 Å². The van der Waals surface area contributed by atoms with E-state index in [0.717, 1.165) is 61.8 Å². The lowest BCUT2D eigenvalue weighted by molar-refractivity contribution is 0.0358. The van der Waals surface area contributed by atoms with Crippen LogP contribution in [-0.4, -0.2) is 69.4 Å². The summed E-state index contributed by atoms with van der Waals surface area (Å²) in [5, 5.41) is 3.90. The first-order chi connectivity index (χ1) is 14.6. The zero-order valence-electron chi connectivity index (χ0n) is 16.7. The van der Waals surface area contributed by atoms with E-state index in [1.54, 1.807) is 0 Å². The molecular formula is C22H23BClN3O2S. The lowest BCUT2D eigenvalue weighted by Crippen LogP contribution is -2.37. The molecule has 0 bridgehead atoms. The average Bonchev–Trinajstić information content (AvgIpc) is 2.90. The minimum atomic E-state index is 0.389. The summed E-state index contributed by atoms with van der Waals surface area (Å²) in [6, 6.07) is 11.4. The molecule has 0 spiro atoms. The van der Waals surface area contributed by atoms with Crippen LogP contribution in [0.5, 0.6) is 5.75 Å². The molecule has 0 saturated carbocycles. The monoisotopic (exact) mass is 439 g/mol. The second kappa shape index (κ2) is 9.92. The average molecular weight is 440 g/mol. The van der Waals surface area contributed by atoms with Crippen molar-refractivity contribution in [1.82, 2.24) is 4.90 Å². The number of nitrogens with zero attached hydrogens (tertiary/aromatic N) is 2. The van der Waals surface area contributed by atoms with Gasteiger partial charge in [0.2, 0.25) is 0 Å². The molecule has 1 N–H and O–H groups in total. The number of rotatable bonds is 6. The minimum absolute atomic E-state index is 0.389. The number of hydrogen-bond acceptors (Lipinski definition) is 5. The number of aliphatic imine (C=N–C) groups is 1. The lowest BCUT2D eigenvalue weighted by Gasteiger charge is -2.26. The molecule has 0 unspecified atom stereocenters. The van der Waals surface area contributed by atoms with Crippen LogP contribution in [0.3, 0.4) is 0 Å². The Hall–Kier alpha value is -1.93. The van der Waals surface area contributed by atoms with Crippen LogP contribution < -0.4 is 15.5 Å². The van der Waals surface area contributed by atoms with Gasteiger partial charge in [-0.25, -0.2) is 0 Å². The molecule has 30 heavy (non-hydrogen) atoms. The van der Waals surface area contributed by atoms with Gasteiger partial charge in [0.15, 0.2) is 0 Å². The van der Waals surface area contributed by atoms with Gasteiger partial charge in [-0.3, -0.25) is 9.89 Å². The molecule has 154 valence electrons. The fourth-order valence-electron chi connectivity index (χ4n) is 3.63. The Morgan fingerprint density at radius 1 is 1.20 bits per heavy atom. The van der Waals surface area contributed by atoms with E-state index in [2.05, 4.69) is 10.2 Å². The summed E-state index contributed by atoms with van der Waals surface area (Å²) in [5.74, 6) is 0.645. The number of morpholine rings is 1. The Bertz CT molecular complexity index is 963. The van der Waals surface area contributed by atoms with E-state index in [-0.39, 0.29) is 0 Å². The van der Waals surface area contributed by atoms with Crippen LogP contribution in [0.4, 0.5) is 5.69 Å². The summed E-state index contributed by atoms with van der Waals surface area (Å²) in [6.07, 6.45) is 0.925. The fraction of sp³-hybridized carbons (Fsp3) is 0.364. The van der Waals surface area contributed by atoms with Crippen molar-refractivity contribution >= 4 is 53.5 Å². The third kappa shape index (κ3) is 5.03. The third-order valence-corrected chi connectivity index (χ3v) is 5.73. The number of anilines is 1. The van der Waals surface area contributed by atoms with Crippen molar-refractivity contribution in [3.8, 4) is 5.75 Å². The van der Waals surface area contributed by atoms with E-state index in [0.29, 0.717) is 34.4 Å². The summed E-state index contributed by atoms with van der Waals surface area (Å²) in [7, 11) is 6.33. The van der Waals surface area contributed by atoms with Crippen molar-refractivity contribution in [1.29, 1.82) is 0 Å². The highest BCUT2D eigenvalue weighted by molar-refractivity contribution is 7.80. The van der Waals surface area contributed by atoms with Crippen LogP contribution >= 0.6 is 23.8 Å². The number of hydrogen-bond donors (Lipinski definition) is 1. The number of thiocarbonyl (C=S) groups is 1. The second-order valence-corrected chi connectivity index (χ2v) is 8.18. The number of ether oxygens (including phenoxy) is 2. The minimum Gasteiger partial charge on any atom is -0.494 e. The van der Waals surface area contributed by atoms with E-state index >= 15 is 0 Å². The van der Waals surface area contributed by atoms with Gasteiger partial charge in [0.05, 0.1) is 37.8 Å². The number of nitrogens with one attached hydrogen (secondary N) is 1. The van der Waals surface area contributed by atoms with Gasteiger partial charge in [-0.05, 0) is 12.5 Å². The fourth-order valence-corrected chi connectivity index (χ4v) is 4.02. The maximum absolute atomic E-state index is 6.43. The Balaban J connectivity index is 1.52. The molecule has 0 atom stereocenters. The predicted molar refractivity (Wildman–Crippen MR) is 127 cm³/mol. The van der Waals surface area contributed by atoms with E-state index in [1.165, 1.54) is 0 Å². The predicted octanol–water partition coefficient (Wildman–Crippen LogP) is 2.83. The molecule has 0 aliphatic carbocycles. The number of halogens is 1. The molecule has 5 nitrogen and oxygen atoms in total. The summed E-state index contributed by atoms with van der Waals surface area (Å²) < 4.78 is 11.4. The Kier molecular flexibility index (Phi) is 7.05. The first kappa shape index (κ1) is 21.3. The first-order valence-electron chi connectivity index (χ1n) is 10.1. The smallest absolute Gasteiger partial charge is 0.119 e. The molecule has 0 amide bonds. The van der Waals surface area contributed by atoms with Gasteiger partial charge in [-0.1, -0.05) is 53.5 Å². The maximum Gasteiger partial charge on any atom is 0.119 e. The first-order valence-corrected chi connectivity index (χ1v) is 10.9. The number of fused-ring (bicyclic) bond motifs is 1. The van der Waals surface area contributed by atoms with Crippen LogP contribution in [0, 0.1) is 0 Å². The quantitative estimate of drug-likeness (QED) is 0.426. The normalized spacial score (nSPS) is 17.0. The van der Waals surface area contributed by atoms with Gasteiger partial charge in [-0.15, -0.1) is 0 Å². The third-order valence-electron chi connectivity index (χ3n) is 5.17. The Labute approximate surface area is 188 Å². The van der Waals surface area contributed by atoms with Crippen molar-refractivity contribution < 1.29 is 9.47 Å². The van der Waals surface area contributed by atoms with Crippen molar-refractivity contribution in [2.24, 2.45) is 4.99 Å². The van der Waals surface area contributed by atoms with E-state index in [4.69, 9.17) is 46.1 Å². The molecule has 1 fully saturated rings. The number of benzodiazepines with no additional fused rings is 1. The second-order valence-electron chi connectivity index (χ2n) is 7.28. The lowest BCUT2D eigenvalue weighted by atomic mass is 9.89. The standard InChI is InChI=1S/C22H23BClN3O2S/c23-17-12-16-19(13-20(17)29-9-3-6-27-7-10-28-11-8-27)26-21(30)14-25-22(16)15-4-1-2-5-18(15)24/h1-2,4-5,12-13H,3,6-11,14H2,(H,26,30). The topological polar surface area (TPSA) is 46.1 Å². The van der Waals surface area contributed by atoms with Crippen molar-refractivity contribution in [3.05, 3.63) is 52.5 Å². The molecule has 2 heterocycles. The summed E-state index contributed by atoms with van der Waals surface area (Å²) in [6.45, 7) is 5.54. The summed E-state index contributed by atoms with van der Waals surface area (Å²) in [5.41, 5.74) is 3.88. The highest BCUT2D eigenvalue weighted by Crippen LogP contribution is 2.28. The molecule has 2 aromatic rings. The van der Waals surface area contributed by atoms with E-state index in [9.17, 15) is 0 Å². The van der Waals surface area contributed by atoms with Gasteiger partial charge in [0, 0.05) is 41.9 Å². The van der Waals surface area contributed by atoms with Gasteiger partial charge in [0.25, 0.3) is 0 Å². The Morgan fingerprint density at radius 3 is 2.80 bits per heavy atom. The van der Waals surface area contributed by atoms with Gasteiger partial charge < -0.3 is 14.8 Å². The largest absolute Gasteiger partial charge is 0.494 e. The zero-order valence-corrected chi connectivity index (χ0v) is 18.3. The number of benzene rings is 2. The van der Waals surface area contributed by atoms with Crippen LogP contribution in [-0.2, 0) is 4.74 Å². The van der Waals surface area contributed by atoms with E-state index in [1.807, 2.05) is 36.4 Å². The zero-order chi connectivity index (χ0) is 20.9. The molecule has 4 rings (SSSR count). The summed E-state index contributed by atoms with van der Waals surface area (Å²) in [4.78, 5) is 7.72. The maximum atomic E-state index is 6.43. The van der Waals surface area contributed by atoms with Crippen molar-refractivity contribution in [3.63, 3.8) is 0 Å².